The van der Waals surface area contributed by atoms with E-state index in [0.29, 0.717) is 18.7 Å². The lowest BCUT2D eigenvalue weighted by Crippen LogP contribution is -2.34. The number of rotatable bonds is 7. The summed E-state index contributed by atoms with van der Waals surface area (Å²) in [6.45, 7) is 6.96. The normalized spacial score (nSPS) is 12.2. The van der Waals surface area contributed by atoms with Crippen molar-refractivity contribution < 1.29 is 9.53 Å². The van der Waals surface area contributed by atoms with Crippen molar-refractivity contribution in [1.29, 1.82) is 0 Å². The van der Waals surface area contributed by atoms with Crippen molar-refractivity contribution in [2.24, 2.45) is 0 Å². The zero-order chi connectivity index (χ0) is 21.0. The lowest BCUT2D eigenvalue weighted by molar-refractivity contribution is 0.0942. The van der Waals surface area contributed by atoms with E-state index in [4.69, 9.17) is 4.74 Å². The summed E-state index contributed by atoms with van der Waals surface area (Å²) in [6, 6.07) is 13.5. The maximum absolute atomic E-state index is 12.7. The Bertz CT molecular complexity index is 1000. The van der Waals surface area contributed by atoms with E-state index >= 15 is 0 Å². The van der Waals surface area contributed by atoms with Crippen LogP contribution in [0, 0.1) is 13.8 Å². The van der Waals surface area contributed by atoms with Crippen LogP contribution in [0.25, 0.3) is 11.0 Å². The summed E-state index contributed by atoms with van der Waals surface area (Å²) in [5.74, 6) is 0.727. The number of amides is 1. The molecule has 1 unspecified atom stereocenters. The number of benzene rings is 2. The molecule has 6 nitrogen and oxygen atoms in total. The van der Waals surface area contributed by atoms with Crippen molar-refractivity contribution in [3.63, 3.8) is 0 Å². The standard InChI is InChI=1S/C23H28N4O2/c1-6-29-19-10-7-17(8-11-19)22(27(4)5)14-24-23(28)18-9-12-20-21(13-18)26-16(3)15(2)25-20/h7-13,22H,6,14H2,1-5H3,(H,24,28). The third kappa shape index (κ3) is 4.90. The van der Waals surface area contributed by atoms with Crippen LogP contribution in [0.1, 0.15) is 40.3 Å². The highest BCUT2D eigenvalue weighted by Crippen LogP contribution is 2.21. The lowest BCUT2D eigenvalue weighted by Gasteiger charge is -2.25. The average molecular weight is 393 g/mol. The number of ether oxygens (including phenoxy) is 1. The second-order valence-electron chi connectivity index (χ2n) is 7.29. The average Bonchev–Trinajstić information content (AvgIpc) is 2.69. The molecule has 1 heterocycles. The zero-order valence-electron chi connectivity index (χ0n) is 17.7. The monoisotopic (exact) mass is 392 g/mol. The number of hydrogen-bond donors (Lipinski definition) is 1. The third-order valence-corrected chi connectivity index (χ3v) is 4.99. The summed E-state index contributed by atoms with van der Waals surface area (Å²) in [5, 5.41) is 3.05. The summed E-state index contributed by atoms with van der Waals surface area (Å²) < 4.78 is 5.51. The van der Waals surface area contributed by atoms with Crippen LogP contribution in [-0.4, -0.2) is 48.0 Å². The molecule has 1 N–H and O–H groups in total. The Kier molecular flexibility index (Phi) is 6.44. The van der Waals surface area contributed by atoms with Gasteiger partial charge in [0.05, 0.1) is 35.1 Å². The van der Waals surface area contributed by atoms with Crippen molar-refractivity contribution >= 4 is 16.9 Å². The van der Waals surface area contributed by atoms with E-state index < -0.39 is 0 Å². The SMILES string of the molecule is CCOc1ccc(C(CNC(=O)c2ccc3nc(C)c(C)nc3c2)N(C)C)cc1. The highest BCUT2D eigenvalue weighted by atomic mass is 16.5. The Labute approximate surface area is 171 Å². The topological polar surface area (TPSA) is 67.3 Å². The van der Waals surface area contributed by atoms with Crippen LogP contribution in [0.2, 0.25) is 0 Å². The Morgan fingerprint density at radius 1 is 1.03 bits per heavy atom. The lowest BCUT2D eigenvalue weighted by atomic mass is 10.1. The van der Waals surface area contributed by atoms with Crippen molar-refractivity contribution in [1.82, 2.24) is 20.2 Å². The van der Waals surface area contributed by atoms with E-state index in [2.05, 4.69) is 20.2 Å². The molecule has 0 saturated carbocycles. The van der Waals surface area contributed by atoms with Gasteiger partial charge in [-0.1, -0.05) is 12.1 Å². The van der Waals surface area contributed by atoms with Gasteiger partial charge in [-0.15, -0.1) is 0 Å². The van der Waals surface area contributed by atoms with Gasteiger partial charge in [-0.25, -0.2) is 9.97 Å². The Balaban J connectivity index is 1.73. The van der Waals surface area contributed by atoms with Crippen LogP contribution in [-0.2, 0) is 0 Å². The van der Waals surface area contributed by atoms with E-state index in [0.717, 1.165) is 33.7 Å². The van der Waals surface area contributed by atoms with Gasteiger partial charge in [-0.3, -0.25) is 4.79 Å². The van der Waals surface area contributed by atoms with Gasteiger partial charge in [0.25, 0.3) is 5.91 Å². The molecule has 2 aromatic carbocycles. The van der Waals surface area contributed by atoms with Crippen LogP contribution >= 0.6 is 0 Å². The van der Waals surface area contributed by atoms with Gasteiger partial charge in [0, 0.05) is 12.1 Å². The molecule has 1 atom stereocenters. The van der Waals surface area contributed by atoms with E-state index in [1.807, 2.05) is 65.2 Å². The number of nitrogens with zero attached hydrogens (tertiary/aromatic N) is 3. The number of fused-ring (bicyclic) bond motifs is 1. The molecule has 0 aliphatic carbocycles. The highest BCUT2D eigenvalue weighted by Gasteiger charge is 2.16. The first-order valence-electron chi connectivity index (χ1n) is 9.81. The summed E-state index contributed by atoms with van der Waals surface area (Å²) >= 11 is 0. The molecule has 0 radical (unpaired) electrons. The summed E-state index contributed by atoms with van der Waals surface area (Å²) in [4.78, 5) is 23.9. The number of aromatic nitrogens is 2. The number of carbonyl (C=O) groups excluding carboxylic acids is 1. The van der Waals surface area contributed by atoms with Gasteiger partial charge in [0.1, 0.15) is 5.75 Å². The summed E-state index contributed by atoms with van der Waals surface area (Å²) in [5.41, 5.74) is 5.01. The number of hydrogen-bond acceptors (Lipinski definition) is 5. The van der Waals surface area contributed by atoms with Crippen molar-refractivity contribution in [3.05, 3.63) is 65.0 Å². The second-order valence-corrected chi connectivity index (χ2v) is 7.29. The first-order valence-corrected chi connectivity index (χ1v) is 9.81. The van der Waals surface area contributed by atoms with Gasteiger partial charge in [-0.05, 0) is 70.8 Å². The smallest absolute Gasteiger partial charge is 0.251 e. The van der Waals surface area contributed by atoms with E-state index in [1.54, 1.807) is 12.1 Å². The van der Waals surface area contributed by atoms with E-state index in [1.165, 1.54) is 0 Å². The van der Waals surface area contributed by atoms with Crippen LogP contribution in [0.15, 0.2) is 42.5 Å². The maximum Gasteiger partial charge on any atom is 0.251 e. The van der Waals surface area contributed by atoms with E-state index in [-0.39, 0.29) is 11.9 Å². The Morgan fingerprint density at radius 2 is 1.69 bits per heavy atom. The van der Waals surface area contributed by atoms with E-state index in [9.17, 15) is 4.79 Å². The molecule has 0 aliphatic heterocycles. The first-order chi connectivity index (χ1) is 13.9. The Morgan fingerprint density at radius 3 is 2.31 bits per heavy atom. The van der Waals surface area contributed by atoms with Crippen molar-refractivity contribution in [3.8, 4) is 5.75 Å². The van der Waals surface area contributed by atoms with Gasteiger partial charge in [-0.2, -0.15) is 0 Å². The maximum atomic E-state index is 12.7. The molecule has 1 amide bonds. The molecule has 3 rings (SSSR count). The van der Waals surface area contributed by atoms with Gasteiger partial charge in [0.2, 0.25) is 0 Å². The fraction of sp³-hybridized carbons (Fsp3) is 0.348. The van der Waals surface area contributed by atoms with Gasteiger partial charge < -0.3 is 15.0 Å². The first kappa shape index (κ1) is 20.7. The minimum atomic E-state index is -0.121. The molecular formula is C23H28N4O2. The fourth-order valence-corrected chi connectivity index (χ4v) is 3.21. The number of aryl methyl sites for hydroxylation is 2. The second kappa shape index (κ2) is 9.01. The van der Waals surface area contributed by atoms with Crippen LogP contribution in [0.5, 0.6) is 5.75 Å². The Hall–Kier alpha value is -2.99. The van der Waals surface area contributed by atoms with Crippen molar-refractivity contribution in [2.75, 3.05) is 27.2 Å². The molecule has 0 saturated heterocycles. The predicted octanol–water partition coefficient (Wildman–Crippen LogP) is 3.68. The van der Waals surface area contributed by atoms with Crippen molar-refractivity contribution in [2.45, 2.75) is 26.8 Å². The number of carbonyl (C=O) groups is 1. The molecule has 152 valence electrons. The zero-order valence-corrected chi connectivity index (χ0v) is 17.7. The minimum Gasteiger partial charge on any atom is -0.494 e. The molecule has 6 heteroatoms. The molecular weight excluding hydrogens is 364 g/mol. The number of likely N-dealkylation sites (N-methyl/N-ethyl adjacent to an activating group) is 1. The van der Waals surface area contributed by atoms with Crippen LogP contribution in [0.3, 0.4) is 0 Å². The van der Waals surface area contributed by atoms with Crippen LogP contribution < -0.4 is 10.1 Å². The van der Waals surface area contributed by atoms with Gasteiger partial charge in [0.15, 0.2) is 0 Å². The molecule has 0 aliphatic rings. The summed E-state index contributed by atoms with van der Waals surface area (Å²) in [7, 11) is 4.01. The summed E-state index contributed by atoms with van der Waals surface area (Å²) in [6.07, 6.45) is 0. The molecule has 0 spiro atoms. The largest absolute Gasteiger partial charge is 0.494 e. The molecule has 29 heavy (non-hydrogen) atoms. The van der Waals surface area contributed by atoms with Gasteiger partial charge >= 0.3 is 0 Å². The quantitative estimate of drug-likeness (QED) is 0.664. The molecule has 0 bridgehead atoms. The highest BCUT2D eigenvalue weighted by molar-refractivity contribution is 5.97. The molecule has 3 aromatic rings. The minimum absolute atomic E-state index is 0.0553. The number of nitrogens with one attached hydrogen (secondary N) is 1. The third-order valence-electron chi connectivity index (χ3n) is 4.99. The fourth-order valence-electron chi connectivity index (χ4n) is 3.21. The van der Waals surface area contributed by atoms with Crippen LogP contribution in [0.4, 0.5) is 0 Å². The molecule has 1 aromatic heterocycles. The molecule has 0 fully saturated rings. The predicted molar refractivity (Wildman–Crippen MR) is 115 cm³/mol.